The van der Waals surface area contributed by atoms with E-state index >= 15 is 0 Å². The molecular weight excluding hydrogens is 212 g/mol. The molecule has 0 bridgehead atoms. The van der Waals surface area contributed by atoms with E-state index in [1.807, 2.05) is 5.38 Å². The molecule has 0 unspecified atom stereocenters. The standard InChI is InChI=1S/C9H16N4OS/c1-14-6-5-13(4-2-8(10)11)9-12-3-7-15-9/h3,7H,2,4-6H2,1H3,(H3,10,11). The smallest absolute Gasteiger partial charge is 0.185 e. The van der Waals surface area contributed by atoms with Crippen molar-refractivity contribution in [1.29, 1.82) is 5.41 Å². The number of ether oxygens (including phenoxy) is 1. The monoisotopic (exact) mass is 228 g/mol. The number of nitrogens with two attached hydrogens (primary N) is 1. The minimum Gasteiger partial charge on any atom is -0.388 e. The molecule has 0 saturated carbocycles. The molecule has 0 aliphatic carbocycles. The second-order valence-corrected chi connectivity index (χ2v) is 3.94. The molecule has 0 fully saturated rings. The Labute approximate surface area is 93.4 Å². The molecule has 0 aromatic carbocycles. The summed E-state index contributed by atoms with van der Waals surface area (Å²) in [6.45, 7) is 2.14. The van der Waals surface area contributed by atoms with E-state index in [4.69, 9.17) is 15.9 Å². The first kappa shape index (κ1) is 11.9. The number of thiazole rings is 1. The van der Waals surface area contributed by atoms with Crippen LogP contribution in [0.5, 0.6) is 0 Å². The Bertz CT molecular complexity index is 288. The van der Waals surface area contributed by atoms with Crippen LogP contribution in [0.25, 0.3) is 0 Å². The topological polar surface area (TPSA) is 75.2 Å². The van der Waals surface area contributed by atoms with Crippen molar-refractivity contribution >= 4 is 22.3 Å². The number of aromatic nitrogens is 1. The number of anilines is 1. The third-order valence-electron chi connectivity index (χ3n) is 1.91. The summed E-state index contributed by atoms with van der Waals surface area (Å²) in [5.41, 5.74) is 5.33. The zero-order valence-corrected chi connectivity index (χ0v) is 9.59. The molecule has 0 atom stereocenters. The van der Waals surface area contributed by atoms with Crippen molar-refractivity contribution in [1.82, 2.24) is 4.98 Å². The van der Waals surface area contributed by atoms with Gasteiger partial charge in [-0.15, -0.1) is 11.3 Å². The first-order valence-corrected chi connectivity index (χ1v) is 5.58. The Hall–Kier alpha value is -1.14. The maximum atomic E-state index is 7.19. The van der Waals surface area contributed by atoms with Crippen molar-refractivity contribution < 1.29 is 4.74 Å². The molecule has 1 rings (SSSR count). The fraction of sp³-hybridized carbons (Fsp3) is 0.556. The molecular formula is C9H16N4OS. The number of hydrogen-bond donors (Lipinski definition) is 2. The quantitative estimate of drug-likeness (QED) is 0.537. The molecule has 1 aromatic rings. The van der Waals surface area contributed by atoms with Gasteiger partial charge in [-0.2, -0.15) is 0 Å². The Morgan fingerprint density at radius 1 is 1.67 bits per heavy atom. The van der Waals surface area contributed by atoms with Crippen molar-refractivity contribution in [3.63, 3.8) is 0 Å². The Morgan fingerprint density at radius 2 is 2.47 bits per heavy atom. The number of rotatable bonds is 7. The second-order valence-electron chi connectivity index (χ2n) is 3.07. The molecule has 5 nitrogen and oxygen atoms in total. The molecule has 0 radical (unpaired) electrons. The summed E-state index contributed by atoms with van der Waals surface area (Å²) in [6, 6.07) is 0. The largest absolute Gasteiger partial charge is 0.388 e. The van der Waals surface area contributed by atoms with Crippen LogP contribution >= 0.6 is 11.3 Å². The van der Waals surface area contributed by atoms with Gasteiger partial charge in [-0.05, 0) is 0 Å². The van der Waals surface area contributed by atoms with Crippen molar-refractivity contribution in [2.24, 2.45) is 5.73 Å². The van der Waals surface area contributed by atoms with Gasteiger partial charge >= 0.3 is 0 Å². The average Bonchev–Trinajstić information content (AvgIpc) is 2.71. The van der Waals surface area contributed by atoms with Gasteiger partial charge < -0.3 is 15.4 Å². The normalized spacial score (nSPS) is 10.2. The highest BCUT2D eigenvalue weighted by Crippen LogP contribution is 2.16. The molecule has 0 aliphatic rings. The maximum Gasteiger partial charge on any atom is 0.185 e. The fourth-order valence-corrected chi connectivity index (χ4v) is 1.83. The first-order chi connectivity index (χ1) is 7.24. The van der Waals surface area contributed by atoms with Crippen LogP contribution in [0.1, 0.15) is 6.42 Å². The number of nitrogens with one attached hydrogen (secondary N) is 1. The van der Waals surface area contributed by atoms with E-state index in [2.05, 4.69) is 9.88 Å². The van der Waals surface area contributed by atoms with Gasteiger partial charge in [0.15, 0.2) is 5.13 Å². The van der Waals surface area contributed by atoms with Crippen molar-refractivity contribution in [3.05, 3.63) is 11.6 Å². The van der Waals surface area contributed by atoms with Gasteiger partial charge in [-0.3, -0.25) is 5.41 Å². The molecule has 0 saturated heterocycles. The Kier molecular flexibility index (Phi) is 5.06. The van der Waals surface area contributed by atoms with Gasteiger partial charge in [0.2, 0.25) is 0 Å². The highest BCUT2D eigenvalue weighted by atomic mass is 32.1. The van der Waals surface area contributed by atoms with Crippen LogP contribution in [-0.4, -0.2) is 37.6 Å². The fourth-order valence-electron chi connectivity index (χ4n) is 1.13. The van der Waals surface area contributed by atoms with Crippen LogP contribution in [0.2, 0.25) is 0 Å². The summed E-state index contributed by atoms with van der Waals surface area (Å²) in [6.07, 6.45) is 2.33. The summed E-state index contributed by atoms with van der Waals surface area (Å²) in [5.74, 6) is 0.203. The van der Waals surface area contributed by atoms with Crippen LogP contribution in [-0.2, 0) is 4.74 Å². The summed E-state index contributed by atoms with van der Waals surface area (Å²) in [4.78, 5) is 6.30. The first-order valence-electron chi connectivity index (χ1n) is 4.70. The SMILES string of the molecule is COCCN(CCC(=N)N)c1nccs1. The van der Waals surface area contributed by atoms with Gasteiger partial charge in [0.05, 0.1) is 12.4 Å². The second kappa shape index (κ2) is 6.36. The third kappa shape index (κ3) is 4.26. The summed E-state index contributed by atoms with van der Waals surface area (Å²) >= 11 is 1.58. The molecule has 0 aliphatic heterocycles. The van der Waals surface area contributed by atoms with Crippen molar-refractivity contribution in [2.45, 2.75) is 6.42 Å². The maximum absolute atomic E-state index is 7.19. The molecule has 3 N–H and O–H groups in total. The van der Waals surface area contributed by atoms with Crippen molar-refractivity contribution in [3.8, 4) is 0 Å². The van der Waals surface area contributed by atoms with Crippen LogP contribution < -0.4 is 10.6 Å². The van der Waals surface area contributed by atoms with Gasteiger partial charge in [0.25, 0.3) is 0 Å². The number of amidine groups is 1. The minimum absolute atomic E-state index is 0.203. The van der Waals surface area contributed by atoms with Crippen molar-refractivity contribution in [2.75, 3.05) is 31.7 Å². The van der Waals surface area contributed by atoms with Gasteiger partial charge in [0, 0.05) is 38.2 Å². The van der Waals surface area contributed by atoms with Crippen LogP contribution in [0, 0.1) is 5.41 Å². The van der Waals surface area contributed by atoms with Crippen LogP contribution in [0.4, 0.5) is 5.13 Å². The minimum atomic E-state index is 0.203. The van der Waals surface area contributed by atoms with E-state index < -0.39 is 0 Å². The van der Waals surface area contributed by atoms with E-state index in [0.717, 1.165) is 11.7 Å². The third-order valence-corrected chi connectivity index (χ3v) is 2.74. The van der Waals surface area contributed by atoms with E-state index in [-0.39, 0.29) is 5.84 Å². The molecule has 0 spiro atoms. The Morgan fingerprint density at radius 3 is 3.00 bits per heavy atom. The lowest BCUT2D eigenvalue weighted by Crippen LogP contribution is -2.30. The van der Waals surface area contributed by atoms with E-state index in [1.54, 1.807) is 24.6 Å². The van der Waals surface area contributed by atoms with E-state index in [9.17, 15) is 0 Å². The summed E-state index contributed by atoms with van der Waals surface area (Å²) < 4.78 is 5.03. The zero-order chi connectivity index (χ0) is 11.1. The van der Waals surface area contributed by atoms with Gasteiger partial charge in [-0.25, -0.2) is 4.98 Å². The lowest BCUT2D eigenvalue weighted by Gasteiger charge is -2.20. The highest BCUT2D eigenvalue weighted by molar-refractivity contribution is 7.13. The molecule has 15 heavy (non-hydrogen) atoms. The lowest BCUT2D eigenvalue weighted by molar-refractivity contribution is 0.205. The number of nitrogens with zero attached hydrogens (tertiary/aromatic N) is 2. The molecule has 0 amide bonds. The van der Waals surface area contributed by atoms with Crippen LogP contribution in [0.3, 0.4) is 0 Å². The predicted molar refractivity (Wildman–Crippen MR) is 62.7 cm³/mol. The summed E-state index contributed by atoms with van der Waals surface area (Å²) in [7, 11) is 1.67. The molecule has 1 aromatic heterocycles. The van der Waals surface area contributed by atoms with E-state index in [1.165, 1.54) is 0 Å². The number of hydrogen-bond acceptors (Lipinski definition) is 5. The van der Waals surface area contributed by atoms with E-state index in [0.29, 0.717) is 19.6 Å². The average molecular weight is 228 g/mol. The van der Waals surface area contributed by atoms with Gasteiger partial charge in [0.1, 0.15) is 0 Å². The molecule has 6 heteroatoms. The van der Waals surface area contributed by atoms with Crippen LogP contribution in [0.15, 0.2) is 11.6 Å². The predicted octanol–water partition coefficient (Wildman–Crippen LogP) is 0.922. The molecule has 1 heterocycles. The van der Waals surface area contributed by atoms with Gasteiger partial charge in [-0.1, -0.05) is 0 Å². The Balaban J connectivity index is 2.49. The summed E-state index contributed by atoms with van der Waals surface area (Å²) in [5, 5.41) is 10.1. The highest BCUT2D eigenvalue weighted by Gasteiger charge is 2.08. The lowest BCUT2D eigenvalue weighted by atomic mass is 10.3. The zero-order valence-electron chi connectivity index (χ0n) is 8.77. The number of methoxy groups -OCH3 is 1. The molecule has 84 valence electrons.